The van der Waals surface area contributed by atoms with Crippen molar-refractivity contribution in [3.63, 3.8) is 0 Å². The Labute approximate surface area is 153 Å². The number of benzene rings is 2. The molecule has 5 nitrogen and oxygen atoms in total. The summed E-state index contributed by atoms with van der Waals surface area (Å²) in [5.74, 6) is -0.273. The molecule has 3 N–H and O–H groups in total. The largest absolute Gasteiger partial charge is 0.322 e. The Bertz CT molecular complexity index is 732. The molecule has 2 aromatic carbocycles. The second-order valence-electron chi connectivity index (χ2n) is 5.97. The Morgan fingerprint density at radius 1 is 0.960 bits per heavy atom. The first kappa shape index (κ1) is 19.0. The van der Waals surface area contributed by atoms with Crippen LogP contribution < -0.4 is 15.5 Å². The predicted octanol–water partition coefficient (Wildman–Crippen LogP) is 1.99. The van der Waals surface area contributed by atoms with Crippen molar-refractivity contribution < 1.29 is 14.5 Å². The van der Waals surface area contributed by atoms with Gasteiger partial charge in [-0.2, -0.15) is 0 Å². The van der Waals surface area contributed by atoms with Gasteiger partial charge >= 0.3 is 0 Å². The average molecular weight is 361 g/mol. The number of carbonyl (C=O) groups is 2. The van der Waals surface area contributed by atoms with Crippen LogP contribution in [0.15, 0.2) is 48.5 Å². The minimum Gasteiger partial charge on any atom is -0.322 e. The maximum atomic E-state index is 12.1. The van der Waals surface area contributed by atoms with Gasteiger partial charge in [0.25, 0.3) is 11.8 Å². The SMILES string of the molecule is CCc1cccc(NC(=O)C[NH+](C)CC(=O)Nc2ccc(Cl)cc2)c1. The zero-order valence-corrected chi connectivity index (χ0v) is 15.2. The quantitative estimate of drug-likeness (QED) is 0.707. The molecule has 0 aromatic heterocycles. The van der Waals surface area contributed by atoms with E-state index in [-0.39, 0.29) is 24.9 Å². The van der Waals surface area contributed by atoms with E-state index in [0.29, 0.717) is 10.7 Å². The Kier molecular flexibility index (Phi) is 6.98. The topological polar surface area (TPSA) is 62.6 Å². The smallest absolute Gasteiger partial charge is 0.279 e. The van der Waals surface area contributed by atoms with E-state index in [2.05, 4.69) is 17.6 Å². The summed E-state index contributed by atoms with van der Waals surface area (Å²) < 4.78 is 0. The Morgan fingerprint density at radius 3 is 2.16 bits per heavy atom. The van der Waals surface area contributed by atoms with Crippen LogP contribution in [0, 0.1) is 0 Å². The van der Waals surface area contributed by atoms with Crippen molar-refractivity contribution in [3.8, 4) is 0 Å². The number of carbonyl (C=O) groups excluding carboxylic acids is 2. The van der Waals surface area contributed by atoms with Gasteiger partial charge in [0.15, 0.2) is 13.1 Å². The fourth-order valence-corrected chi connectivity index (χ4v) is 2.55. The second-order valence-corrected chi connectivity index (χ2v) is 6.40. The molecule has 6 heteroatoms. The molecule has 0 spiro atoms. The molecule has 0 radical (unpaired) electrons. The number of quaternary nitrogens is 1. The normalized spacial score (nSPS) is 11.6. The number of hydrogen-bond donors (Lipinski definition) is 3. The lowest BCUT2D eigenvalue weighted by molar-refractivity contribution is -0.862. The molecule has 2 amide bonds. The number of amides is 2. The average Bonchev–Trinajstić information content (AvgIpc) is 2.56. The van der Waals surface area contributed by atoms with Crippen molar-refractivity contribution in [2.45, 2.75) is 13.3 Å². The van der Waals surface area contributed by atoms with Gasteiger partial charge in [0.1, 0.15) is 0 Å². The first-order valence-corrected chi connectivity index (χ1v) is 8.59. The van der Waals surface area contributed by atoms with E-state index in [0.717, 1.165) is 17.0 Å². The van der Waals surface area contributed by atoms with Crippen molar-refractivity contribution in [3.05, 3.63) is 59.1 Å². The van der Waals surface area contributed by atoms with Crippen LogP contribution in [0.3, 0.4) is 0 Å². The van der Waals surface area contributed by atoms with Crippen LogP contribution in [0.25, 0.3) is 0 Å². The summed E-state index contributed by atoms with van der Waals surface area (Å²) in [6.07, 6.45) is 0.916. The molecule has 0 aliphatic rings. The van der Waals surface area contributed by atoms with E-state index in [1.807, 2.05) is 31.3 Å². The molecule has 0 saturated carbocycles. The van der Waals surface area contributed by atoms with Gasteiger partial charge in [-0.05, 0) is 48.4 Å². The van der Waals surface area contributed by atoms with Crippen LogP contribution in [0.1, 0.15) is 12.5 Å². The van der Waals surface area contributed by atoms with Crippen molar-refractivity contribution in [2.75, 3.05) is 30.8 Å². The number of nitrogens with one attached hydrogen (secondary N) is 3. The van der Waals surface area contributed by atoms with Gasteiger partial charge in [-0.3, -0.25) is 9.59 Å². The molecule has 0 saturated heterocycles. The summed E-state index contributed by atoms with van der Waals surface area (Å²) in [4.78, 5) is 25.0. The maximum Gasteiger partial charge on any atom is 0.279 e. The number of likely N-dealkylation sites (N-methyl/N-ethyl adjacent to an activating group) is 1. The van der Waals surface area contributed by atoms with Gasteiger partial charge in [-0.15, -0.1) is 0 Å². The van der Waals surface area contributed by atoms with Crippen molar-refractivity contribution >= 4 is 34.8 Å². The van der Waals surface area contributed by atoms with Crippen LogP contribution in [-0.4, -0.2) is 32.0 Å². The molecule has 0 heterocycles. The lowest BCUT2D eigenvalue weighted by Gasteiger charge is -2.14. The van der Waals surface area contributed by atoms with Crippen LogP contribution in [-0.2, 0) is 16.0 Å². The Hall–Kier alpha value is -2.37. The van der Waals surface area contributed by atoms with Gasteiger partial charge < -0.3 is 15.5 Å². The molecule has 1 unspecified atom stereocenters. The third kappa shape index (κ3) is 6.57. The lowest BCUT2D eigenvalue weighted by Crippen LogP contribution is -3.11. The van der Waals surface area contributed by atoms with Crippen molar-refractivity contribution in [1.29, 1.82) is 0 Å². The van der Waals surface area contributed by atoms with E-state index in [1.165, 1.54) is 5.56 Å². The standard InChI is InChI=1S/C19H22ClN3O2/c1-3-14-5-4-6-17(11-14)22-19(25)13-23(2)12-18(24)21-16-9-7-15(20)8-10-16/h4-11H,3,12-13H2,1-2H3,(H,21,24)(H,22,25)/p+1. The van der Waals surface area contributed by atoms with Gasteiger partial charge in [-0.1, -0.05) is 30.7 Å². The van der Waals surface area contributed by atoms with E-state index >= 15 is 0 Å². The molecule has 0 bridgehead atoms. The maximum absolute atomic E-state index is 12.1. The molecule has 0 aliphatic carbocycles. The highest BCUT2D eigenvalue weighted by Gasteiger charge is 2.14. The van der Waals surface area contributed by atoms with Crippen LogP contribution in [0.2, 0.25) is 5.02 Å². The van der Waals surface area contributed by atoms with Gasteiger partial charge in [-0.25, -0.2) is 0 Å². The summed E-state index contributed by atoms with van der Waals surface area (Å²) in [5, 5.41) is 6.27. The zero-order chi connectivity index (χ0) is 18.2. The fraction of sp³-hybridized carbons (Fsp3) is 0.263. The lowest BCUT2D eigenvalue weighted by atomic mass is 10.1. The molecular weight excluding hydrogens is 338 g/mol. The van der Waals surface area contributed by atoms with Crippen LogP contribution in [0.5, 0.6) is 0 Å². The molecule has 25 heavy (non-hydrogen) atoms. The van der Waals surface area contributed by atoms with Gasteiger partial charge in [0.2, 0.25) is 0 Å². The summed E-state index contributed by atoms with van der Waals surface area (Å²) in [5.41, 5.74) is 2.63. The summed E-state index contributed by atoms with van der Waals surface area (Å²) in [6.45, 7) is 2.48. The first-order chi connectivity index (χ1) is 12.0. The summed E-state index contributed by atoms with van der Waals surface area (Å²) in [7, 11) is 1.81. The molecule has 1 atom stereocenters. The summed E-state index contributed by atoms with van der Waals surface area (Å²) in [6, 6.07) is 14.7. The van der Waals surface area contributed by atoms with Crippen molar-refractivity contribution in [1.82, 2.24) is 0 Å². The van der Waals surface area contributed by atoms with Crippen LogP contribution in [0.4, 0.5) is 11.4 Å². The van der Waals surface area contributed by atoms with E-state index in [4.69, 9.17) is 11.6 Å². The number of hydrogen-bond acceptors (Lipinski definition) is 2. The molecule has 0 aliphatic heterocycles. The van der Waals surface area contributed by atoms with E-state index < -0.39 is 0 Å². The zero-order valence-electron chi connectivity index (χ0n) is 14.4. The highest BCUT2D eigenvalue weighted by molar-refractivity contribution is 6.30. The van der Waals surface area contributed by atoms with Crippen molar-refractivity contribution in [2.24, 2.45) is 0 Å². The van der Waals surface area contributed by atoms with E-state index in [1.54, 1.807) is 24.3 Å². The number of anilines is 2. The van der Waals surface area contributed by atoms with E-state index in [9.17, 15) is 9.59 Å². The third-order valence-corrected chi connectivity index (χ3v) is 3.92. The summed E-state index contributed by atoms with van der Waals surface area (Å²) >= 11 is 5.81. The van der Waals surface area contributed by atoms with Crippen LogP contribution >= 0.6 is 11.6 Å². The minimum absolute atomic E-state index is 0.120. The molecule has 2 aromatic rings. The van der Waals surface area contributed by atoms with Gasteiger partial charge in [0.05, 0.1) is 7.05 Å². The number of aryl methyl sites for hydroxylation is 1. The third-order valence-electron chi connectivity index (χ3n) is 3.67. The predicted molar refractivity (Wildman–Crippen MR) is 101 cm³/mol. The molecule has 2 rings (SSSR count). The monoisotopic (exact) mass is 360 g/mol. The molecular formula is C19H23ClN3O2+. The van der Waals surface area contributed by atoms with Gasteiger partial charge in [0, 0.05) is 16.4 Å². The minimum atomic E-state index is -0.152. The molecule has 132 valence electrons. The first-order valence-electron chi connectivity index (χ1n) is 8.21. The fourth-order valence-electron chi connectivity index (χ4n) is 2.42. The Balaban J connectivity index is 1.80. The second kappa shape index (κ2) is 9.20. The highest BCUT2D eigenvalue weighted by atomic mass is 35.5. The number of halogens is 1. The Morgan fingerprint density at radius 2 is 1.56 bits per heavy atom. The molecule has 0 fully saturated rings. The highest BCUT2D eigenvalue weighted by Crippen LogP contribution is 2.13. The number of rotatable bonds is 7.